The van der Waals surface area contributed by atoms with Crippen LogP contribution in [-0.4, -0.2) is 64.8 Å². The first-order valence-electron chi connectivity index (χ1n) is 7.12. The number of hydrogen-bond donors (Lipinski definition) is 2. The smallest absolute Gasteiger partial charge is 0.223 e. The largest absolute Gasteiger partial charge is 0.379 e. The summed E-state index contributed by atoms with van der Waals surface area (Å²) >= 11 is 7.94. The molecular formula is C13H20ClN5OS. The predicted octanol–water partition coefficient (Wildman–Crippen LogP) is 1.33. The van der Waals surface area contributed by atoms with E-state index in [-0.39, 0.29) is 11.5 Å². The molecule has 2 saturated heterocycles. The topological polar surface area (TPSA) is 76.3 Å². The number of nitrogen functional groups attached to an aromatic ring is 1. The molecule has 0 radical (unpaired) electrons. The van der Waals surface area contributed by atoms with E-state index in [1.807, 2.05) is 11.8 Å². The van der Waals surface area contributed by atoms with Gasteiger partial charge in [0.15, 0.2) is 0 Å². The van der Waals surface area contributed by atoms with Crippen molar-refractivity contribution in [2.24, 2.45) is 0 Å². The van der Waals surface area contributed by atoms with Crippen molar-refractivity contribution in [1.82, 2.24) is 14.9 Å². The van der Waals surface area contributed by atoms with E-state index < -0.39 is 0 Å². The summed E-state index contributed by atoms with van der Waals surface area (Å²) in [5, 5.41) is 3.76. The maximum atomic E-state index is 5.93. The summed E-state index contributed by atoms with van der Waals surface area (Å²) in [5.41, 5.74) is 5.81. The van der Waals surface area contributed by atoms with Gasteiger partial charge in [0.2, 0.25) is 5.95 Å². The Morgan fingerprint density at radius 3 is 2.90 bits per heavy atom. The van der Waals surface area contributed by atoms with E-state index in [1.165, 1.54) is 12.2 Å². The van der Waals surface area contributed by atoms with Crippen molar-refractivity contribution in [3.8, 4) is 0 Å². The van der Waals surface area contributed by atoms with Gasteiger partial charge in [-0.2, -0.15) is 16.7 Å². The molecule has 116 valence electrons. The first-order chi connectivity index (χ1) is 10.2. The van der Waals surface area contributed by atoms with Crippen LogP contribution in [-0.2, 0) is 4.74 Å². The highest BCUT2D eigenvalue weighted by molar-refractivity contribution is 7.99. The molecule has 0 aromatic carbocycles. The first-order valence-corrected chi connectivity index (χ1v) is 8.66. The van der Waals surface area contributed by atoms with Crippen LogP contribution >= 0.6 is 23.4 Å². The van der Waals surface area contributed by atoms with Crippen LogP contribution in [0.3, 0.4) is 0 Å². The minimum absolute atomic E-state index is 0.167. The number of thioether (sulfide) groups is 1. The third kappa shape index (κ3) is 3.53. The predicted molar refractivity (Wildman–Crippen MR) is 87.0 cm³/mol. The number of hydrogen-bond acceptors (Lipinski definition) is 7. The van der Waals surface area contributed by atoms with Gasteiger partial charge in [-0.25, -0.2) is 4.98 Å². The van der Waals surface area contributed by atoms with Gasteiger partial charge in [0.05, 0.1) is 13.2 Å². The van der Waals surface area contributed by atoms with Gasteiger partial charge >= 0.3 is 0 Å². The molecule has 3 heterocycles. The van der Waals surface area contributed by atoms with Gasteiger partial charge in [0.25, 0.3) is 0 Å². The van der Waals surface area contributed by atoms with Gasteiger partial charge in [-0.1, -0.05) is 11.6 Å². The van der Waals surface area contributed by atoms with E-state index in [1.54, 1.807) is 6.07 Å². The van der Waals surface area contributed by atoms with Gasteiger partial charge in [-0.05, 0) is 12.2 Å². The zero-order valence-corrected chi connectivity index (χ0v) is 13.4. The Morgan fingerprint density at radius 1 is 1.43 bits per heavy atom. The number of ether oxygens (including phenoxy) is 1. The SMILES string of the molecule is Nc1nc(Cl)cc(NC[C@@]2(N3CCOCC3)CCSC2)n1. The number of nitrogens with one attached hydrogen (secondary N) is 1. The summed E-state index contributed by atoms with van der Waals surface area (Å²) in [4.78, 5) is 10.6. The highest BCUT2D eigenvalue weighted by atomic mass is 35.5. The normalized spacial score (nSPS) is 26.9. The molecule has 6 nitrogen and oxygen atoms in total. The quantitative estimate of drug-likeness (QED) is 0.807. The monoisotopic (exact) mass is 329 g/mol. The average molecular weight is 330 g/mol. The summed E-state index contributed by atoms with van der Waals surface area (Å²) in [5.74, 6) is 3.23. The van der Waals surface area contributed by atoms with Gasteiger partial charge in [0, 0.05) is 37.0 Å². The maximum Gasteiger partial charge on any atom is 0.223 e. The molecule has 21 heavy (non-hydrogen) atoms. The van der Waals surface area contributed by atoms with E-state index in [0.717, 1.165) is 38.6 Å². The second-order valence-electron chi connectivity index (χ2n) is 5.41. The van der Waals surface area contributed by atoms with Gasteiger partial charge < -0.3 is 15.8 Å². The van der Waals surface area contributed by atoms with Gasteiger partial charge in [0.1, 0.15) is 11.0 Å². The van der Waals surface area contributed by atoms with Crippen molar-refractivity contribution in [3.05, 3.63) is 11.2 Å². The number of anilines is 2. The molecule has 1 atom stereocenters. The molecule has 8 heteroatoms. The minimum atomic E-state index is 0.167. The van der Waals surface area contributed by atoms with Crippen molar-refractivity contribution in [1.29, 1.82) is 0 Å². The fourth-order valence-corrected chi connectivity index (χ4v) is 4.58. The number of nitrogens with two attached hydrogens (primary N) is 1. The molecule has 3 rings (SSSR count). The molecule has 0 amide bonds. The second kappa shape index (κ2) is 6.56. The number of halogens is 1. The zero-order chi connectivity index (χ0) is 14.7. The Morgan fingerprint density at radius 2 is 2.24 bits per heavy atom. The number of morpholine rings is 1. The average Bonchev–Trinajstić information content (AvgIpc) is 2.95. The minimum Gasteiger partial charge on any atom is -0.379 e. The third-order valence-electron chi connectivity index (χ3n) is 4.08. The van der Waals surface area contributed by atoms with Gasteiger partial charge in [-0.15, -0.1) is 0 Å². The first kappa shape index (κ1) is 15.1. The van der Waals surface area contributed by atoms with E-state index >= 15 is 0 Å². The Hall–Kier alpha value is -0.760. The van der Waals surface area contributed by atoms with E-state index in [9.17, 15) is 0 Å². The Bertz CT molecular complexity index is 471. The lowest BCUT2D eigenvalue weighted by molar-refractivity contribution is -0.00922. The van der Waals surface area contributed by atoms with Crippen molar-refractivity contribution >= 4 is 35.1 Å². The van der Waals surface area contributed by atoms with E-state index in [0.29, 0.717) is 11.0 Å². The van der Waals surface area contributed by atoms with Crippen molar-refractivity contribution in [2.45, 2.75) is 12.0 Å². The molecule has 0 spiro atoms. The molecule has 1 aromatic heterocycles. The lowest BCUT2D eigenvalue weighted by atomic mass is 9.95. The Kier molecular flexibility index (Phi) is 4.73. The third-order valence-corrected chi connectivity index (χ3v) is 5.50. The van der Waals surface area contributed by atoms with Crippen LogP contribution in [0.25, 0.3) is 0 Å². The summed E-state index contributed by atoms with van der Waals surface area (Å²) in [7, 11) is 0. The molecule has 3 N–H and O–H groups in total. The van der Waals surface area contributed by atoms with Crippen molar-refractivity contribution in [3.63, 3.8) is 0 Å². The molecule has 2 fully saturated rings. The molecular weight excluding hydrogens is 310 g/mol. The molecule has 2 aliphatic heterocycles. The fourth-order valence-electron chi connectivity index (χ4n) is 2.92. The highest BCUT2D eigenvalue weighted by Gasteiger charge is 2.40. The number of aromatic nitrogens is 2. The van der Waals surface area contributed by atoms with Crippen LogP contribution in [0.2, 0.25) is 5.15 Å². The summed E-state index contributed by atoms with van der Waals surface area (Å²) in [6.45, 7) is 4.47. The zero-order valence-electron chi connectivity index (χ0n) is 11.8. The van der Waals surface area contributed by atoms with Crippen LogP contribution in [0.15, 0.2) is 6.07 Å². The van der Waals surface area contributed by atoms with Gasteiger partial charge in [-0.3, -0.25) is 4.90 Å². The number of rotatable bonds is 4. The van der Waals surface area contributed by atoms with Crippen LogP contribution in [0.4, 0.5) is 11.8 Å². The molecule has 0 aliphatic carbocycles. The molecule has 2 aliphatic rings. The maximum absolute atomic E-state index is 5.93. The molecule has 0 unspecified atom stereocenters. The lowest BCUT2D eigenvalue weighted by Crippen LogP contribution is -2.57. The summed E-state index contributed by atoms with van der Waals surface area (Å²) in [6.07, 6.45) is 1.18. The van der Waals surface area contributed by atoms with Crippen LogP contribution in [0.5, 0.6) is 0 Å². The van der Waals surface area contributed by atoms with Crippen molar-refractivity contribution in [2.75, 3.05) is 55.4 Å². The molecule has 0 bridgehead atoms. The van der Waals surface area contributed by atoms with Crippen LogP contribution < -0.4 is 11.1 Å². The standard InChI is InChI=1S/C13H20ClN5OS/c14-10-7-11(18-12(15)17-10)16-8-13(1-6-21-9-13)19-2-4-20-5-3-19/h7H,1-6,8-9H2,(H3,15,16,17,18)/t13-/m0/s1. The van der Waals surface area contributed by atoms with E-state index in [4.69, 9.17) is 22.1 Å². The molecule has 0 saturated carbocycles. The van der Waals surface area contributed by atoms with Crippen LogP contribution in [0.1, 0.15) is 6.42 Å². The molecule has 1 aromatic rings. The number of nitrogens with zero attached hydrogens (tertiary/aromatic N) is 3. The summed E-state index contributed by atoms with van der Waals surface area (Å²) < 4.78 is 5.48. The second-order valence-corrected chi connectivity index (χ2v) is 6.91. The van der Waals surface area contributed by atoms with Crippen LogP contribution in [0, 0.1) is 0 Å². The highest BCUT2D eigenvalue weighted by Crippen LogP contribution is 2.34. The summed E-state index contributed by atoms with van der Waals surface area (Å²) in [6, 6.07) is 1.72. The van der Waals surface area contributed by atoms with Crippen molar-refractivity contribution < 1.29 is 4.74 Å². The fraction of sp³-hybridized carbons (Fsp3) is 0.692. The lowest BCUT2D eigenvalue weighted by Gasteiger charge is -2.43. The Balaban J connectivity index is 1.70. The Labute approximate surface area is 133 Å². The van der Waals surface area contributed by atoms with E-state index in [2.05, 4.69) is 20.2 Å².